The van der Waals surface area contributed by atoms with Crippen LogP contribution in [-0.4, -0.2) is 19.0 Å². The molecular weight excluding hydrogens is 274 g/mol. The molecule has 0 amide bonds. The average molecular weight is 286 g/mol. The molecule has 6 N–H and O–H groups in total. The molecule has 0 radical (unpaired) electrons. The van der Waals surface area contributed by atoms with E-state index >= 15 is 0 Å². The van der Waals surface area contributed by atoms with Crippen molar-refractivity contribution in [1.82, 2.24) is 0 Å². The van der Waals surface area contributed by atoms with Crippen LogP contribution >= 0.6 is 15.9 Å². The average Bonchev–Trinajstić information content (AvgIpc) is 2.19. The minimum Gasteiger partial charge on any atom is -0.497 e. The van der Waals surface area contributed by atoms with E-state index in [1.165, 1.54) is 0 Å². The highest BCUT2D eigenvalue weighted by Crippen LogP contribution is 2.29. The number of hydrogen-bond donors (Lipinski definition) is 3. The zero-order valence-corrected chi connectivity index (χ0v) is 10.2. The van der Waals surface area contributed by atoms with E-state index in [1.807, 2.05) is 0 Å². The van der Waals surface area contributed by atoms with Gasteiger partial charge in [-0.25, -0.2) is 4.99 Å². The lowest BCUT2D eigenvalue weighted by Crippen LogP contribution is -2.26. The maximum atomic E-state index is 5.50. The largest absolute Gasteiger partial charge is 0.497 e. The van der Waals surface area contributed by atoms with Crippen molar-refractivity contribution < 1.29 is 4.74 Å². The number of nitrogens with two attached hydrogens (primary N) is 3. The van der Waals surface area contributed by atoms with Crippen molar-refractivity contribution in [3.63, 3.8) is 0 Å². The van der Waals surface area contributed by atoms with Crippen LogP contribution in [0.2, 0.25) is 0 Å². The monoisotopic (exact) mass is 285 g/mol. The van der Waals surface area contributed by atoms with Crippen molar-refractivity contribution in [3.8, 4) is 5.75 Å². The van der Waals surface area contributed by atoms with E-state index < -0.39 is 0 Å². The van der Waals surface area contributed by atoms with Gasteiger partial charge in [-0.05, 0) is 34.1 Å². The fourth-order valence-electron chi connectivity index (χ4n) is 0.986. The Labute approximate surface area is 101 Å². The Bertz CT molecular complexity index is 440. The van der Waals surface area contributed by atoms with Crippen LogP contribution in [0.1, 0.15) is 0 Å². The van der Waals surface area contributed by atoms with Crippen LogP contribution in [0.5, 0.6) is 5.75 Å². The number of aliphatic imine (C=N–C) groups is 2. The summed E-state index contributed by atoms with van der Waals surface area (Å²) >= 11 is 3.33. The summed E-state index contributed by atoms with van der Waals surface area (Å²) in [6.45, 7) is 0. The molecule has 0 spiro atoms. The summed E-state index contributed by atoms with van der Waals surface area (Å²) in [6.07, 6.45) is 0. The number of benzene rings is 1. The molecule has 86 valence electrons. The smallest absolute Gasteiger partial charge is 0.223 e. The molecule has 0 heterocycles. The summed E-state index contributed by atoms with van der Waals surface area (Å²) in [7, 11) is 1.58. The summed E-state index contributed by atoms with van der Waals surface area (Å²) < 4.78 is 5.78. The number of nitrogens with zero attached hydrogens (tertiary/aromatic N) is 2. The zero-order valence-electron chi connectivity index (χ0n) is 8.64. The van der Waals surface area contributed by atoms with Crippen LogP contribution in [0.3, 0.4) is 0 Å². The summed E-state index contributed by atoms with van der Waals surface area (Å²) in [5, 5.41) is 0. The number of methoxy groups -OCH3 is 1. The molecule has 0 unspecified atom stereocenters. The van der Waals surface area contributed by atoms with E-state index in [0.717, 1.165) is 4.47 Å². The van der Waals surface area contributed by atoms with Crippen molar-refractivity contribution in [1.29, 1.82) is 0 Å². The van der Waals surface area contributed by atoms with Crippen LogP contribution in [0.15, 0.2) is 32.7 Å². The second-order valence-corrected chi connectivity index (χ2v) is 3.68. The van der Waals surface area contributed by atoms with E-state index in [0.29, 0.717) is 11.4 Å². The predicted octanol–water partition coefficient (Wildman–Crippen LogP) is 0.677. The molecule has 0 saturated heterocycles. The van der Waals surface area contributed by atoms with E-state index in [9.17, 15) is 0 Å². The van der Waals surface area contributed by atoms with Gasteiger partial charge in [0, 0.05) is 4.47 Å². The Morgan fingerprint density at radius 3 is 2.50 bits per heavy atom. The Morgan fingerprint density at radius 2 is 2.00 bits per heavy atom. The summed E-state index contributed by atoms with van der Waals surface area (Å²) in [6, 6.07) is 5.26. The molecule has 1 aromatic carbocycles. The van der Waals surface area contributed by atoms with E-state index in [4.69, 9.17) is 21.9 Å². The Kier molecular flexibility index (Phi) is 4.12. The maximum absolute atomic E-state index is 5.50. The van der Waals surface area contributed by atoms with E-state index in [2.05, 4.69) is 25.9 Å². The zero-order chi connectivity index (χ0) is 12.1. The van der Waals surface area contributed by atoms with Crippen molar-refractivity contribution in [2.75, 3.05) is 7.11 Å². The molecule has 1 rings (SSSR count). The highest BCUT2D eigenvalue weighted by Gasteiger charge is 2.01. The molecule has 6 nitrogen and oxygen atoms in total. The molecule has 7 heteroatoms. The van der Waals surface area contributed by atoms with Crippen molar-refractivity contribution in [2.45, 2.75) is 0 Å². The highest BCUT2D eigenvalue weighted by molar-refractivity contribution is 9.10. The molecule has 0 aliphatic heterocycles. The van der Waals surface area contributed by atoms with Gasteiger partial charge in [0.2, 0.25) is 5.96 Å². The summed E-state index contributed by atoms with van der Waals surface area (Å²) in [5.74, 6) is 0.572. The van der Waals surface area contributed by atoms with Crippen molar-refractivity contribution >= 4 is 33.5 Å². The lowest BCUT2D eigenvalue weighted by molar-refractivity contribution is 0.414. The fourth-order valence-corrected chi connectivity index (χ4v) is 1.43. The molecule has 0 atom stereocenters. The van der Waals surface area contributed by atoms with Gasteiger partial charge >= 0.3 is 0 Å². The Balaban J connectivity index is 3.02. The fraction of sp³-hybridized carbons (Fsp3) is 0.111. The van der Waals surface area contributed by atoms with Crippen LogP contribution in [0.4, 0.5) is 5.69 Å². The third-order valence-corrected chi connectivity index (χ3v) is 2.27. The van der Waals surface area contributed by atoms with Crippen LogP contribution in [0, 0.1) is 0 Å². The minimum absolute atomic E-state index is 0.00846. The topological polar surface area (TPSA) is 112 Å². The first-order valence-corrected chi connectivity index (χ1v) is 5.09. The standard InChI is InChI=1S/C9H12BrN5O/c1-16-5-2-3-7(6(10)4-5)14-9(13)15-8(11)12/h2-4H,1H3,(H6,11,12,13,14,15). The highest BCUT2D eigenvalue weighted by atomic mass is 79.9. The normalized spacial score (nSPS) is 11.0. The quantitative estimate of drug-likeness (QED) is 0.548. The van der Waals surface area contributed by atoms with Crippen LogP contribution in [0.25, 0.3) is 0 Å². The van der Waals surface area contributed by atoms with Gasteiger partial charge in [0.15, 0.2) is 5.96 Å². The molecule has 16 heavy (non-hydrogen) atoms. The molecule has 1 aromatic rings. The van der Waals surface area contributed by atoms with Gasteiger partial charge in [-0.3, -0.25) is 0 Å². The lowest BCUT2D eigenvalue weighted by atomic mass is 10.3. The summed E-state index contributed by atoms with van der Waals surface area (Å²) in [4.78, 5) is 7.62. The number of ether oxygens (including phenoxy) is 1. The number of guanidine groups is 2. The van der Waals surface area contributed by atoms with Gasteiger partial charge < -0.3 is 21.9 Å². The molecule has 0 saturated carbocycles. The van der Waals surface area contributed by atoms with Crippen LogP contribution in [-0.2, 0) is 0 Å². The molecule has 0 fully saturated rings. The molecule has 0 aliphatic rings. The Morgan fingerprint density at radius 1 is 1.31 bits per heavy atom. The predicted molar refractivity (Wildman–Crippen MR) is 67.8 cm³/mol. The molecule has 0 bridgehead atoms. The Hall–Kier alpha value is -1.76. The van der Waals surface area contributed by atoms with Gasteiger partial charge in [-0.15, -0.1) is 0 Å². The number of halogens is 1. The first-order valence-electron chi connectivity index (χ1n) is 4.30. The SMILES string of the molecule is COc1ccc(N=C(N)N=C(N)N)c(Br)c1. The second kappa shape index (κ2) is 5.36. The number of hydrogen-bond acceptors (Lipinski definition) is 2. The van der Waals surface area contributed by atoms with Gasteiger partial charge in [0.05, 0.1) is 12.8 Å². The molecule has 0 aliphatic carbocycles. The van der Waals surface area contributed by atoms with Gasteiger partial charge in [-0.2, -0.15) is 4.99 Å². The van der Waals surface area contributed by atoms with Gasteiger partial charge in [0.25, 0.3) is 0 Å². The molecular formula is C9H12BrN5O. The lowest BCUT2D eigenvalue weighted by Gasteiger charge is -2.03. The van der Waals surface area contributed by atoms with Crippen LogP contribution < -0.4 is 21.9 Å². The second-order valence-electron chi connectivity index (χ2n) is 2.82. The number of rotatable bonds is 2. The molecule has 0 aromatic heterocycles. The minimum atomic E-state index is -0.133. The van der Waals surface area contributed by atoms with E-state index in [1.54, 1.807) is 25.3 Å². The van der Waals surface area contributed by atoms with Crippen molar-refractivity contribution in [2.24, 2.45) is 27.2 Å². The third kappa shape index (κ3) is 3.43. The van der Waals surface area contributed by atoms with Gasteiger partial charge in [0.1, 0.15) is 5.75 Å². The van der Waals surface area contributed by atoms with E-state index in [-0.39, 0.29) is 11.9 Å². The van der Waals surface area contributed by atoms with Gasteiger partial charge in [-0.1, -0.05) is 0 Å². The first-order chi connectivity index (χ1) is 7.52. The van der Waals surface area contributed by atoms with Crippen molar-refractivity contribution in [3.05, 3.63) is 22.7 Å². The maximum Gasteiger partial charge on any atom is 0.223 e. The summed E-state index contributed by atoms with van der Waals surface area (Å²) in [5.41, 5.74) is 16.4. The first kappa shape index (κ1) is 12.3. The third-order valence-electron chi connectivity index (χ3n) is 1.63.